The molecule has 0 N–H and O–H groups in total. The average Bonchev–Trinajstić information content (AvgIpc) is 2.01. The second kappa shape index (κ2) is 5.80. The van der Waals surface area contributed by atoms with Crippen LogP contribution in [-0.2, 0) is 13.6 Å². The van der Waals surface area contributed by atoms with Gasteiger partial charge >= 0.3 is 7.91 Å². The summed E-state index contributed by atoms with van der Waals surface area (Å²) in [7, 11) is -4.48. The number of hydrogen-bond donors (Lipinski definition) is 0. The summed E-state index contributed by atoms with van der Waals surface area (Å²) in [6, 6.07) is 0. The standard InChI is InChI=1S/C7H8FO3P/c1-3-5-7-11-12(8,9)10-6-4-2/h1-2H,5-7H2. The van der Waals surface area contributed by atoms with Crippen molar-refractivity contribution in [2.24, 2.45) is 0 Å². The summed E-state index contributed by atoms with van der Waals surface area (Å²) >= 11 is 0. The van der Waals surface area contributed by atoms with Crippen LogP contribution in [0.2, 0.25) is 0 Å². The largest absolute Gasteiger partial charge is 0.514 e. The third-order valence-electron chi connectivity index (χ3n) is 0.794. The van der Waals surface area contributed by atoms with E-state index in [2.05, 4.69) is 15.0 Å². The molecule has 5 heteroatoms. The molecule has 0 saturated heterocycles. The van der Waals surface area contributed by atoms with Crippen LogP contribution in [0.5, 0.6) is 0 Å². The topological polar surface area (TPSA) is 35.5 Å². The van der Waals surface area contributed by atoms with Crippen LogP contribution < -0.4 is 0 Å². The molecule has 0 aromatic rings. The van der Waals surface area contributed by atoms with Crippen LogP contribution in [-0.4, -0.2) is 13.2 Å². The summed E-state index contributed by atoms with van der Waals surface area (Å²) in [5.41, 5.74) is 0. The van der Waals surface area contributed by atoms with Crippen LogP contribution in [0.15, 0.2) is 0 Å². The van der Waals surface area contributed by atoms with Crippen molar-refractivity contribution in [3.05, 3.63) is 0 Å². The molecule has 0 rings (SSSR count). The lowest BCUT2D eigenvalue weighted by Gasteiger charge is -2.05. The van der Waals surface area contributed by atoms with Gasteiger partial charge < -0.3 is 0 Å². The molecule has 12 heavy (non-hydrogen) atoms. The fourth-order valence-corrected chi connectivity index (χ4v) is 0.978. The Labute approximate surface area is 70.9 Å². The highest BCUT2D eigenvalue weighted by Crippen LogP contribution is 2.49. The fraction of sp³-hybridized carbons (Fsp3) is 0.429. The molecule has 0 aromatic carbocycles. The lowest BCUT2D eigenvalue weighted by molar-refractivity contribution is 0.193. The Morgan fingerprint density at radius 2 is 2.00 bits per heavy atom. The summed E-state index contributed by atoms with van der Waals surface area (Å²) in [5.74, 6) is 4.15. The maximum Gasteiger partial charge on any atom is 0.514 e. The van der Waals surface area contributed by atoms with Gasteiger partial charge in [-0.2, -0.15) is 0 Å². The first kappa shape index (κ1) is 11.2. The Hall–Kier alpha value is -0.800. The first-order valence-corrected chi connectivity index (χ1v) is 4.51. The SMILES string of the molecule is C#CCCOP(=O)(F)OCC#C. The van der Waals surface area contributed by atoms with Gasteiger partial charge in [0.05, 0.1) is 6.61 Å². The molecule has 0 saturated carbocycles. The van der Waals surface area contributed by atoms with Crippen molar-refractivity contribution in [2.75, 3.05) is 13.2 Å². The number of hydrogen-bond acceptors (Lipinski definition) is 3. The minimum atomic E-state index is -4.48. The molecule has 0 heterocycles. The smallest absolute Gasteiger partial charge is 0.283 e. The zero-order valence-corrected chi connectivity index (χ0v) is 7.22. The van der Waals surface area contributed by atoms with Crippen LogP contribution in [0.1, 0.15) is 6.42 Å². The summed E-state index contributed by atoms with van der Waals surface area (Å²) < 4.78 is 31.4. The van der Waals surface area contributed by atoms with E-state index in [-0.39, 0.29) is 19.6 Å². The normalized spacial score (nSPS) is 14.2. The molecule has 0 bridgehead atoms. The Kier molecular flexibility index (Phi) is 5.41. The highest BCUT2D eigenvalue weighted by molar-refractivity contribution is 7.48. The predicted molar refractivity (Wildman–Crippen MR) is 42.9 cm³/mol. The van der Waals surface area contributed by atoms with E-state index >= 15 is 0 Å². The van der Waals surface area contributed by atoms with Gasteiger partial charge in [0, 0.05) is 6.42 Å². The fourth-order valence-electron chi connectivity index (χ4n) is 0.365. The van der Waals surface area contributed by atoms with E-state index in [1.807, 2.05) is 5.92 Å². The molecule has 0 aliphatic rings. The van der Waals surface area contributed by atoms with Crippen molar-refractivity contribution >= 4 is 7.91 Å². The first-order chi connectivity index (χ1) is 5.62. The van der Waals surface area contributed by atoms with Crippen molar-refractivity contribution in [1.82, 2.24) is 0 Å². The van der Waals surface area contributed by atoms with Gasteiger partial charge in [0.15, 0.2) is 0 Å². The molecule has 0 amide bonds. The summed E-state index contributed by atoms with van der Waals surface area (Å²) in [5, 5.41) is 0. The Morgan fingerprint density at radius 1 is 1.33 bits per heavy atom. The van der Waals surface area contributed by atoms with Crippen LogP contribution in [0, 0.1) is 24.7 Å². The maximum atomic E-state index is 12.5. The number of terminal acetylenes is 2. The van der Waals surface area contributed by atoms with Crippen LogP contribution >= 0.6 is 7.91 Å². The lowest BCUT2D eigenvalue weighted by atomic mass is 10.5. The molecule has 3 nitrogen and oxygen atoms in total. The number of rotatable bonds is 5. The van der Waals surface area contributed by atoms with Crippen molar-refractivity contribution < 1.29 is 17.8 Å². The third kappa shape index (κ3) is 5.95. The minimum absolute atomic E-state index is 0.144. The second-order valence-corrected chi connectivity index (χ2v) is 3.07. The highest BCUT2D eigenvalue weighted by Gasteiger charge is 2.22. The molecule has 0 fully saturated rings. The minimum Gasteiger partial charge on any atom is -0.283 e. The Balaban J connectivity index is 3.67. The summed E-state index contributed by atoms with van der Waals surface area (Å²) in [6.07, 6.45) is 9.76. The van der Waals surface area contributed by atoms with Crippen molar-refractivity contribution in [1.29, 1.82) is 0 Å². The van der Waals surface area contributed by atoms with Crippen LogP contribution in [0.4, 0.5) is 4.20 Å². The van der Waals surface area contributed by atoms with Crippen molar-refractivity contribution in [3.8, 4) is 24.7 Å². The molecule has 0 aliphatic carbocycles. The van der Waals surface area contributed by atoms with Crippen LogP contribution in [0.3, 0.4) is 0 Å². The van der Waals surface area contributed by atoms with Gasteiger partial charge in [0.2, 0.25) is 0 Å². The third-order valence-corrected chi connectivity index (χ3v) is 1.72. The van der Waals surface area contributed by atoms with Gasteiger partial charge in [-0.15, -0.1) is 23.0 Å². The molecule has 0 aromatic heterocycles. The van der Waals surface area contributed by atoms with E-state index in [9.17, 15) is 8.76 Å². The van der Waals surface area contributed by atoms with E-state index < -0.39 is 7.91 Å². The zero-order chi connectivity index (χ0) is 9.45. The van der Waals surface area contributed by atoms with Gasteiger partial charge in [0.25, 0.3) is 0 Å². The Bertz CT molecular complexity index is 250. The second-order valence-electron chi connectivity index (χ2n) is 1.70. The molecule has 66 valence electrons. The molecular formula is C7H8FO3P. The van der Waals surface area contributed by atoms with Gasteiger partial charge in [-0.25, -0.2) is 4.57 Å². The monoisotopic (exact) mass is 190 g/mol. The molecule has 0 radical (unpaired) electrons. The van der Waals surface area contributed by atoms with Crippen LogP contribution in [0.25, 0.3) is 0 Å². The van der Waals surface area contributed by atoms with Gasteiger partial charge in [-0.1, -0.05) is 5.92 Å². The zero-order valence-electron chi connectivity index (χ0n) is 6.33. The Morgan fingerprint density at radius 3 is 2.50 bits per heavy atom. The molecule has 0 aliphatic heterocycles. The highest BCUT2D eigenvalue weighted by atomic mass is 31.2. The molecule has 0 spiro atoms. The average molecular weight is 190 g/mol. The summed E-state index contributed by atoms with van der Waals surface area (Å²) in [4.78, 5) is 0. The number of halogens is 1. The molecular weight excluding hydrogens is 182 g/mol. The predicted octanol–water partition coefficient (Wildman–Crippen LogP) is 1.75. The van der Waals surface area contributed by atoms with Gasteiger partial charge in [-0.05, 0) is 0 Å². The van der Waals surface area contributed by atoms with Crippen molar-refractivity contribution in [3.63, 3.8) is 0 Å². The van der Waals surface area contributed by atoms with E-state index in [1.54, 1.807) is 0 Å². The first-order valence-electron chi connectivity index (χ1n) is 3.08. The lowest BCUT2D eigenvalue weighted by Crippen LogP contribution is -1.93. The maximum absolute atomic E-state index is 12.5. The summed E-state index contributed by atoms with van der Waals surface area (Å²) in [6.45, 7) is -0.529. The van der Waals surface area contributed by atoms with Gasteiger partial charge in [0.1, 0.15) is 6.61 Å². The van der Waals surface area contributed by atoms with E-state index in [1.165, 1.54) is 0 Å². The molecule has 1 atom stereocenters. The van der Waals surface area contributed by atoms with E-state index in [0.717, 1.165) is 0 Å². The molecule has 1 unspecified atom stereocenters. The quantitative estimate of drug-likeness (QED) is 0.376. The van der Waals surface area contributed by atoms with Crippen molar-refractivity contribution in [2.45, 2.75) is 6.42 Å². The van der Waals surface area contributed by atoms with E-state index in [4.69, 9.17) is 12.8 Å². The van der Waals surface area contributed by atoms with E-state index in [0.29, 0.717) is 0 Å². The van der Waals surface area contributed by atoms with Gasteiger partial charge in [-0.3, -0.25) is 9.05 Å².